The molecule has 0 bridgehead atoms. The number of nitrogens with one attached hydrogen (secondary N) is 1. The van der Waals surface area contributed by atoms with Gasteiger partial charge in [0.1, 0.15) is 0 Å². The molecule has 5 heteroatoms. The largest absolute Gasteiger partial charge is 0.465 e. The van der Waals surface area contributed by atoms with E-state index in [4.69, 9.17) is 9.72 Å². The van der Waals surface area contributed by atoms with Gasteiger partial charge in [-0.25, -0.2) is 9.78 Å². The van der Waals surface area contributed by atoms with Crippen molar-refractivity contribution in [1.29, 1.82) is 0 Å². The number of aromatic nitrogens is 1. The van der Waals surface area contributed by atoms with E-state index in [1.807, 2.05) is 12.1 Å². The minimum Gasteiger partial charge on any atom is -0.465 e. The van der Waals surface area contributed by atoms with Gasteiger partial charge < -0.3 is 10.1 Å². The molecule has 0 atom stereocenters. The summed E-state index contributed by atoms with van der Waals surface area (Å²) in [7, 11) is 1.38. The summed E-state index contributed by atoms with van der Waals surface area (Å²) in [6.45, 7) is 6.28. The Morgan fingerprint density at radius 3 is 2.48 bits per heavy atom. The van der Waals surface area contributed by atoms with Crippen LogP contribution in [-0.4, -0.2) is 18.1 Å². The van der Waals surface area contributed by atoms with Crippen molar-refractivity contribution >= 4 is 28.1 Å². The number of nitrogens with zero attached hydrogens (tertiary/aromatic N) is 1. The van der Waals surface area contributed by atoms with Crippen LogP contribution in [-0.2, 0) is 4.74 Å². The molecule has 3 rings (SSSR count). The van der Waals surface area contributed by atoms with Crippen LogP contribution in [0.3, 0.4) is 0 Å². The molecule has 0 saturated carbocycles. The Morgan fingerprint density at radius 2 is 1.80 bits per heavy atom. The Hall–Kier alpha value is -2.66. The quantitative estimate of drug-likeness (QED) is 0.650. The molecule has 25 heavy (non-hydrogen) atoms. The molecule has 0 aliphatic rings. The maximum Gasteiger partial charge on any atom is 0.337 e. The van der Waals surface area contributed by atoms with Crippen LogP contribution < -0.4 is 5.32 Å². The summed E-state index contributed by atoms with van der Waals surface area (Å²) in [6, 6.07) is 13.6. The van der Waals surface area contributed by atoms with Crippen molar-refractivity contribution in [3.05, 3.63) is 64.0 Å². The number of benzene rings is 2. The van der Waals surface area contributed by atoms with E-state index < -0.39 is 0 Å². The number of rotatable bonds is 4. The van der Waals surface area contributed by atoms with Gasteiger partial charge >= 0.3 is 5.97 Å². The highest BCUT2D eigenvalue weighted by atomic mass is 32.1. The van der Waals surface area contributed by atoms with Gasteiger partial charge in [-0.05, 0) is 56.7 Å². The molecule has 1 heterocycles. The Kier molecular flexibility index (Phi) is 4.86. The molecule has 0 amide bonds. The molecule has 4 nitrogen and oxygen atoms in total. The zero-order valence-corrected chi connectivity index (χ0v) is 15.5. The van der Waals surface area contributed by atoms with Crippen molar-refractivity contribution < 1.29 is 9.53 Å². The smallest absolute Gasteiger partial charge is 0.337 e. The van der Waals surface area contributed by atoms with Crippen LogP contribution in [0.2, 0.25) is 0 Å². The molecule has 0 fully saturated rings. The van der Waals surface area contributed by atoms with Crippen molar-refractivity contribution in [1.82, 2.24) is 4.98 Å². The fourth-order valence-electron chi connectivity index (χ4n) is 2.62. The lowest BCUT2D eigenvalue weighted by Crippen LogP contribution is -2.00. The third-order valence-corrected chi connectivity index (χ3v) is 4.89. The van der Waals surface area contributed by atoms with Gasteiger partial charge in [-0.3, -0.25) is 0 Å². The van der Waals surface area contributed by atoms with E-state index in [1.165, 1.54) is 28.7 Å². The zero-order chi connectivity index (χ0) is 18.0. The number of carbonyl (C=O) groups is 1. The third kappa shape index (κ3) is 3.72. The van der Waals surface area contributed by atoms with Gasteiger partial charge in [0.15, 0.2) is 5.13 Å². The van der Waals surface area contributed by atoms with Crippen LogP contribution >= 0.6 is 11.3 Å². The molecule has 0 unspecified atom stereocenters. The van der Waals surface area contributed by atoms with Gasteiger partial charge in [0.2, 0.25) is 0 Å². The summed E-state index contributed by atoms with van der Waals surface area (Å²) in [5.74, 6) is -0.339. The Balaban J connectivity index is 1.85. The standard InChI is InChI=1S/C20H20N2O2S/c1-12-5-6-13(2)17(11-12)18-14(3)25-20(22-18)21-16-9-7-15(8-10-16)19(23)24-4/h5-11H,1-4H3,(H,21,22). The van der Waals surface area contributed by atoms with Crippen LogP contribution in [0.1, 0.15) is 26.4 Å². The van der Waals surface area contributed by atoms with Gasteiger partial charge in [0, 0.05) is 16.1 Å². The Labute approximate surface area is 151 Å². The molecule has 0 spiro atoms. The topological polar surface area (TPSA) is 51.2 Å². The summed E-state index contributed by atoms with van der Waals surface area (Å²) >= 11 is 1.62. The average molecular weight is 352 g/mol. The van der Waals surface area contributed by atoms with Gasteiger partial charge in [-0.1, -0.05) is 17.7 Å². The first kappa shape index (κ1) is 17.2. The molecule has 0 aliphatic carbocycles. The number of esters is 1. The second-order valence-electron chi connectivity index (χ2n) is 5.94. The van der Waals surface area contributed by atoms with E-state index in [2.05, 4.69) is 44.3 Å². The lowest BCUT2D eigenvalue weighted by Gasteiger charge is -2.06. The molecule has 128 valence electrons. The molecule has 1 N–H and O–H groups in total. The number of hydrogen-bond acceptors (Lipinski definition) is 5. The maximum atomic E-state index is 11.5. The third-order valence-electron chi connectivity index (χ3n) is 4.00. The van der Waals surface area contributed by atoms with Gasteiger partial charge in [0.05, 0.1) is 18.4 Å². The summed E-state index contributed by atoms with van der Waals surface area (Å²) in [6.07, 6.45) is 0. The second-order valence-corrected chi connectivity index (χ2v) is 7.14. The summed E-state index contributed by atoms with van der Waals surface area (Å²) in [4.78, 5) is 17.4. The number of anilines is 2. The molecule has 0 saturated heterocycles. The number of hydrogen-bond donors (Lipinski definition) is 1. The first-order valence-corrected chi connectivity index (χ1v) is 8.80. The van der Waals surface area contributed by atoms with Gasteiger partial charge in [0.25, 0.3) is 0 Å². The SMILES string of the molecule is COC(=O)c1ccc(Nc2nc(-c3cc(C)ccc3C)c(C)s2)cc1. The van der Waals surface area contributed by atoms with Crippen LogP contribution in [0.4, 0.5) is 10.8 Å². The van der Waals surface area contributed by atoms with Crippen molar-refractivity contribution in [2.45, 2.75) is 20.8 Å². The maximum absolute atomic E-state index is 11.5. The van der Waals surface area contributed by atoms with Crippen LogP contribution in [0.15, 0.2) is 42.5 Å². The minimum absolute atomic E-state index is 0.339. The molecule has 2 aromatic carbocycles. The molecule has 0 aliphatic heterocycles. The Bertz CT molecular complexity index is 914. The number of thiazole rings is 1. The van der Waals surface area contributed by atoms with Crippen molar-refractivity contribution in [2.24, 2.45) is 0 Å². The fraction of sp³-hybridized carbons (Fsp3) is 0.200. The molecule has 3 aromatic rings. The van der Waals surface area contributed by atoms with E-state index in [0.29, 0.717) is 5.56 Å². The Morgan fingerprint density at radius 1 is 1.08 bits per heavy atom. The molecule has 0 radical (unpaired) electrons. The van der Waals surface area contributed by atoms with Crippen LogP contribution in [0.25, 0.3) is 11.3 Å². The van der Waals surface area contributed by atoms with E-state index in [-0.39, 0.29) is 5.97 Å². The van der Waals surface area contributed by atoms with Crippen LogP contribution in [0.5, 0.6) is 0 Å². The molecular formula is C20H20N2O2S. The van der Waals surface area contributed by atoms with Crippen molar-refractivity contribution in [3.8, 4) is 11.3 Å². The predicted octanol–water partition coefficient (Wildman–Crippen LogP) is 5.27. The van der Waals surface area contributed by atoms with E-state index in [1.54, 1.807) is 23.5 Å². The highest BCUT2D eigenvalue weighted by Crippen LogP contribution is 2.34. The summed E-state index contributed by atoms with van der Waals surface area (Å²) < 4.78 is 4.71. The van der Waals surface area contributed by atoms with Crippen molar-refractivity contribution in [3.63, 3.8) is 0 Å². The van der Waals surface area contributed by atoms with Crippen molar-refractivity contribution in [2.75, 3.05) is 12.4 Å². The van der Waals surface area contributed by atoms with Crippen LogP contribution in [0, 0.1) is 20.8 Å². The zero-order valence-electron chi connectivity index (χ0n) is 14.7. The normalized spacial score (nSPS) is 10.6. The van der Waals surface area contributed by atoms with E-state index in [9.17, 15) is 4.79 Å². The lowest BCUT2D eigenvalue weighted by molar-refractivity contribution is 0.0601. The number of aryl methyl sites for hydroxylation is 3. The van der Waals surface area contributed by atoms with Gasteiger partial charge in [-0.2, -0.15) is 0 Å². The highest BCUT2D eigenvalue weighted by Gasteiger charge is 2.13. The van der Waals surface area contributed by atoms with Gasteiger partial charge in [-0.15, -0.1) is 11.3 Å². The predicted molar refractivity (Wildman–Crippen MR) is 103 cm³/mol. The van der Waals surface area contributed by atoms with E-state index in [0.717, 1.165) is 16.5 Å². The number of carbonyl (C=O) groups excluding carboxylic acids is 1. The summed E-state index contributed by atoms with van der Waals surface area (Å²) in [5, 5.41) is 4.14. The number of ether oxygens (including phenoxy) is 1. The average Bonchev–Trinajstić information content (AvgIpc) is 2.97. The molecular weight excluding hydrogens is 332 g/mol. The lowest BCUT2D eigenvalue weighted by atomic mass is 10.0. The fourth-order valence-corrected chi connectivity index (χ4v) is 3.47. The monoisotopic (exact) mass is 352 g/mol. The minimum atomic E-state index is -0.339. The molecule has 1 aromatic heterocycles. The first-order valence-electron chi connectivity index (χ1n) is 7.98. The van der Waals surface area contributed by atoms with E-state index >= 15 is 0 Å². The number of methoxy groups -OCH3 is 1. The highest BCUT2D eigenvalue weighted by molar-refractivity contribution is 7.16. The summed E-state index contributed by atoms with van der Waals surface area (Å²) in [5.41, 5.74) is 6.03. The second kappa shape index (κ2) is 7.07. The first-order chi connectivity index (χ1) is 12.0.